The summed E-state index contributed by atoms with van der Waals surface area (Å²) in [7, 11) is 0. The third kappa shape index (κ3) is 6.58. The highest BCUT2D eigenvalue weighted by Gasteiger charge is 2.40. The third-order valence-corrected chi connectivity index (χ3v) is 6.55. The van der Waals surface area contributed by atoms with Gasteiger partial charge in [0.25, 0.3) is 0 Å². The van der Waals surface area contributed by atoms with Gasteiger partial charge in [-0.2, -0.15) is 13.2 Å². The fraction of sp³-hybridized carbons (Fsp3) is 0.640. The van der Waals surface area contributed by atoms with Gasteiger partial charge in [0.2, 0.25) is 0 Å². The van der Waals surface area contributed by atoms with Crippen LogP contribution < -0.4 is 5.32 Å². The lowest BCUT2D eigenvalue weighted by molar-refractivity contribution is -0.138. The van der Waals surface area contributed by atoms with Crippen molar-refractivity contribution in [2.75, 3.05) is 13.2 Å². The maximum atomic E-state index is 12.5. The molecule has 4 rings (SSSR count). The Hall–Kier alpha value is -1.82. The molecule has 6 heteroatoms. The molecular weight excluding hydrogens is 401 g/mol. The van der Waals surface area contributed by atoms with Crippen molar-refractivity contribution in [3.8, 4) is 0 Å². The Bertz CT molecular complexity index is 779. The van der Waals surface area contributed by atoms with Gasteiger partial charge >= 0.3 is 6.18 Å². The molecule has 0 radical (unpaired) electrons. The number of hydrogen-bond donors (Lipinski definition) is 1. The van der Waals surface area contributed by atoms with Crippen LogP contribution in [0.1, 0.15) is 75.1 Å². The molecular formula is C25H35F3N2O. The maximum Gasteiger partial charge on any atom is 0.418 e. The molecule has 3 aliphatic rings. The van der Waals surface area contributed by atoms with Crippen molar-refractivity contribution in [3.63, 3.8) is 0 Å². The number of nitrogens with one attached hydrogen (secondary N) is 1. The predicted molar refractivity (Wildman–Crippen MR) is 118 cm³/mol. The van der Waals surface area contributed by atoms with Crippen molar-refractivity contribution in [3.05, 3.63) is 53.0 Å². The molecule has 0 aromatic carbocycles. The molecule has 1 saturated heterocycles. The minimum atomic E-state index is -4.29. The number of unbranched alkanes of at least 4 members (excludes halogenated alkanes) is 1. The predicted octanol–water partition coefficient (Wildman–Crippen LogP) is 6.52. The first-order valence-electron chi connectivity index (χ1n) is 11.6. The van der Waals surface area contributed by atoms with E-state index in [-0.39, 0.29) is 11.3 Å². The van der Waals surface area contributed by atoms with Crippen molar-refractivity contribution >= 4 is 0 Å². The van der Waals surface area contributed by atoms with Gasteiger partial charge in [-0.1, -0.05) is 38.3 Å². The molecule has 1 atom stereocenters. The molecule has 0 bridgehead atoms. The summed E-state index contributed by atoms with van der Waals surface area (Å²) in [4.78, 5) is 3.78. The van der Waals surface area contributed by atoms with Gasteiger partial charge in [-0.3, -0.25) is 4.98 Å². The lowest BCUT2D eigenvalue weighted by Gasteiger charge is -2.39. The smallest absolute Gasteiger partial charge is 0.385 e. The Morgan fingerprint density at radius 1 is 1.26 bits per heavy atom. The number of dihydropyridines is 1. The van der Waals surface area contributed by atoms with E-state index in [1.165, 1.54) is 63.4 Å². The molecule has 31 heavy (non-hydrogen) atoms. The number of aryl methyl sites for hydroxylation is 2. The minimum Gasteiger partial charge on any atom is -0.385 e. The van der Waals surface area contributed by atoms with Crippen LogP contribution in [0, 0.1) is 12.8 Å². The van der Waals surface area contributed by atoms with E-state index in [9.17, 15) is 13.2 Å². The zero-order valence-electron chi connectivity index (χ0n) is 18.7. The monoisotopic (exact) mass is 436 g/mol. The Balaban J connectivity index is 0.000000176. The van der Waals surface area contributed by atoms with E-state index in [4.69, 9.17) is 4.74 Å². The van der Waals surface area contributed by atoms with Crippen LogP contribution in [0.2, 0.25) is 0 Å². The number of halogens is 3. The van der Waals surface area contributed by atoms with Crippen LogP contribution in [0.4, 0.5) is 13.2 Å². The fourth-order valence-corrected chi connectivity index (χ4v) is 4.80. The summed E-state index contributed by atoms with van der Waals surface area (Å²) in [5.41, 5.74) is 1.78. The Labute approximate surface area is 184 Å². The van der Waals surface area contributed by atoms with Gasteiger partial charge in [0.05, 0.1) is 11.2 Å². The number of ether oxygens (including phenoxy) is 1. The number of hydrogen-bond acceptors (Lipinski definition) is 3. The standard InChI is InChI=1S/C14H21NO.C11H14F3N/c1-4-9-15-13(5-1)12-6-10-16-14(11-12)7-2-3-8-14;1-3-4-5-9-6-10(11(12,13)14)8(2)15-7-9/h1,4-5,12,15H,2-3,6-11H2;6-7H,3-5H2,1-2H3/t12-;/m1./s1. The highest BCUT2D eigenvalue weighted by Crippen LogP contribution is 2.43. The van der Waals surface area contributed by atoms with Crippen molar-refractivity contribution < 1.29 is 17.9 Å². The van der Waals surface area contributed by atoms with Crippen LogP contribution in [0.25, 0.3) is 0 Å². The van der Waals surface area contributed by atoms with Crippen molar-refractivity contribution in [2.24, 2.45) is 5.92 Å². The first-order chi connectivity index (χ1) is 14.8. The van der Waals surface area contributed by atoms with E-state index in [0.717, 1.165) is 26.0 Å². The largest absolute Gasteiger partial charge is 0.418 e. The van der Waals surface area contributed by atoms with Crippen molar-refractivity contribution in [1.29, 1.82) is 0 Å². The first-order valence-corrected chi connectivity index (χ1v) is 11.6. The SMILES string of the molecule is C1=CCNC([C@@H]2CCOC3(CCCC3)C2)=C1.CCCCc1cnc(C)c(C(F)(F)F)c1. The number of rotatable bonds is 4. The average Bonchev–Trinajstić information content (AvgIpc) is 3.21. The topological polar surface area (TPSA) is 34.1 Å². The van der Waals surface area contributed by atoms with Crippen molar-refractivity contribution in [2.45, 2.75) is 83.4 Å². The number of aromatic nitrogens is 1. The summed E-state index contributed by atoms with van der Waals surface area (Å²) < 4.78 is 43.6. The zero-order valence-corrected chi connectivity index (χ0v) is 18.7. The van der Waals surface area contributed by atoms with E-state index in [1.54, 1.807) is 0 Å². The van der Waals surface area contributed by atoms with Gasteiger partial charge in [-0.15, -0.1) is 0 Å². The Morgan fingerprint density at radius 2 is 2.03 bits per heavy atom. The normalized spacial score (nSPS) is 22.5. The highest BCUT2D eigenvalue weighted by atomic mass is 19.4. The van der Waals surface area contributed by atoms with E-state index in [0.29, 0.717) is 17.9 Å². The number of alkyl halides is 3. The second-order valence-corrected chi connectivity index (χ2v) is 8.94. The number of nitrogens with zero attached hydrogens (tertiary/aromatic N) is 1. The van der Waals surface area contributed by atoms with Crippen LogP contribution in [-0.2, 0) is 17.3 Å². The van der Waals surface area contributed by atoms with E-state index in [2.05, 4.69) is 28.5 Å². The third-order valence-electron chi connectivity index (χ3n) is 6.55. The molecule has 0 amide bonds. The molecule has 172 valence electrons. The second kappa shape index (κ2) is 10.7. The van der Waals surface area contributed by atoms with Gasteiger partial charge in [0.1, 0.15) is 0 Å². The molecule has 1 aliphatic carbocycles. The van der Waals surface area contributed by atoms with Gasteiger partial charge in [-0.05, 0) is 63.2 Å². The average molecular weight is 437 g/mol. The summed E-state index contributed by atoms with van der Waals surface area (Å²) in [5.74, 6) is 0.705. The molecule has 3 nitrogen and oxygen atoms in total. The number of allylic oxidation sites excluding steroid dienone is 3. The van der Waals surface area contributed by atoms with E-state index < -0.39 is 11.7 Å². The zero-order chi connectivity index (χ0) is 22.3. The van der Waals surface area contributed by atoms with E-state index >= 15 is 0 Å². The summed E-state index contributed by atoms with van der Waals surface area (Å²) in [6, 6.07) is 1.21. The Morgan fingerprint density at radius 3 is 2.68 bits per heavy atom. The lowest BCUT2D eigenvalue weighted by atomic mass is 9.82. The van der Waals surface area contributed by atoms with Gasteiger partial charge in [0.15, 0.2) is 0 Å². The van der Waals surface area contributed by atoms with Crippen LogP contribution in [-0.4, -0.2) is 23.7 Å². The summed E-state index contributed by atoms with van der Waals surface area (Å²) >= 11 is 0. The summed E-state index contributed by atoms with van der Waals surface area (Å²) in [6.45, 7) is 5.34. The van der Waals surface area contributed by atoms with Crippen LogP contribution in [0.15, 0.2) is 36.2 Å². The summed E-state index contributed by atoms with van der Waals surface area (Å²) in [6.07, 6.45) is 14.1. The van der Waals surface area contributed by atoms with Gasteiger partial charge in [0, 0.05) is 36.7 Å². The summed E-state index contributed by atoms with van der Waals surface area (Å²) in [5, 5.41) is 3.51. The lowest BCUT2D eigenvalue weighted by Crippen LogP contribution is -2.39. The Kier molecular flexibility index (Phi) is 8.20. The maximum absolute atomic E-state index is 12.5. The first kappa shape index (κ1) is 23.8. The highest BCUT2D eigenvalue weighted by molar-refractivity contribution is 5.27. The second-order valence-electron chi connectivity index (χ2n) is 8.94. The molecule has 1 spiro atoms. The molecule has 2 fully saturated rings. The van der Waals surface area contributed by atoms with Crippen LogP contribution in [0.5, 0.6) is 0 Å². The molecule has 2 aliphatic heterocycles. The molecule has 1 aromatic rings. The van der Waals surface area contributed by atoms with Gasteiger partial charge in [-0.25, -0.2) is 0 Å². The van der Waals surface area contributed by atoms with E-state index in [1.807, 2.05) is 6.92 Å². The quantitative estimate of drug-likeness (QED) is 0.583. The van der Waals surface area contributed by atoms with Gasteiger partial charge < -0.3 is 10.1 Å². The number of pyridine rings is 1. The molecule has 1 saturated carbocycles. The fourth-order valence-electron chi connectivity index (χ4n) is 4.80. The minimum absolute atomic E-state index is 0.0442. The molecule has 3 heterocycles. The molecule has 0 unspecified atom stereocenters. The van der Waals surface area contributed by atoms with Crippen LogP contribution >= 0.6 is 0 Å². The van der Waals surface area contributed by atoms with Crippen LogP contribution in [0.3, 0.4) is 0 Å². The molecule has 1 aromatic heterocycles. The molecule has 1 N–H and O–H groups in total. The van der Waals surface area contributed by atoms with Crippen molar-refractivity contribution in [1.82, 2.24) is 10.3 Å².